The number of pyridine rings is 1. The molecule has 0 saturated carbocycles. The average Bonchev–Trinajstić information content (AvgIpc) is 2.77. The lowest BCUT2D eigenvalue weighted by Crippen LogP contribution is -2.49. The standard InChI is InChI=1S/C21H22ClFN6/c22-20-6-3-16(12-26-20)19(11-24)28-7-9-29(10-8-28)21-18(13-25-14-27-21)15-1-4-17(23)5-2-15/h1-6,12-14,19H,7-11,24H2/t19-/m0/s1. The molecule has 0 aliphatic carbocycles. The second-order valence-corrected chi connectivity index (χ2v) is 7.34. The van der Waals surface area contributed by atoms with Crippen molar-refractivity contribution < 1.29 is 4.39 Å². The van der Waals surface area contributed by atoms with Crippen molar-refractivity contribution in [1.29, 1.82) is 0 Å². The Hall–Kier alpha value is -2.61. The van der Waals surface area contributed by atoms with Crippen molar-refractivity contribution in [3.05, 3.63) is 71.7 Å². The summed E-state index contributed by atoms with van der Waals surface area (Å²) in [4.78, 5) is 17.5. The maximum absolute atomic E-state index is 13.3. The fraction of sp³-hybridized carbons (Fsp3) is 0.286. The molecule has 1 atom stereocenters. The van der Waals surface area contributed by atoms with Crippen molar-refractivity contribution in [3.63, 3.8) is 0 Å². The SMILES string of the molecule is NC[C@@H](c1ccc(Cl)nc1)N1CCN(c2ncncc2-c2ccc(F)cc2)CC1. The van der Waals surface area contributed by atoms with E-state index in [1.54, 1.807) is 36.9 Å². The van der Waals surface area contributed by atoms with Crippen LogP contribution in [0.4, 0.5) is 10.2 Å². The minimum Gasteiger partial charge on any atom is -0.353 e. The molecular weight excluding hydrogens is 391 g/mol. The van der Waals surface area contributed by atoms with E-state index in [0.29, 0.717) is 11.7 Å². The van der Waals surface area contributed by atoms with Crippen LogP contribution in [0.25, 0.3) is 11.1 Å². The summed E-state index contributed by atoms with van der Waals surface area (Å²) in [5.74, 6) is 0.606. The van der Waals surface area contributed by atoms with Crippen LogP contribution in [0.2, 0.25) is 5.15 Å². The number of halogens is 2. The number of hydrogen-bond acceptors (Lipinski definition) is 6. The number of hydrogen-bond donors (Lipinski definition) is 1. The number of benzene rings is 1. The molecule has 2 N–H and O–H groups in total. The molecule has 0 bridgehead atoms. The van der Waals surface area contributed by atoms with Crippen LogP contribution in [0.5, 0.6) is 0 Å². The molecule has 1 aromatic carbocycles. The van der Waals surface area contributed by atoms with Gasteiger partial charge in [0.2, 0.25) is 0 Å². The molecule has 3 heterocycles. The van der Waals surface area contributed by atoms with Gasteiger partial charge in [0.15, 0.2) is 0 Å². The predicted octanol–water partition coefficient (Wildman–Crippen LogP) is 3.15. The number of nitrogens with zero attached hydrogens (tertiary/aromatic N) is 5. The van der Waals surface area contributed by atoms with Crippen LogP contribution in [-0.2, 0) is 0 Å². The van der Waals surface area contributed by atoms with Gasteiger partial charge in [-0.05, 0) is 29.3 Å². The van der Waals surface area contributed by atoms with E-state index in [1.165, 1.54) is 12.1 Å². The molecular formula is C21H22ClFN6. The molecule has 0 spiro atoms. The Labute approximate surface area is 174 Å². The zero-order chi connectivity index (χ0) is 20.2. The fourth-order valence-electron chi connectivity index (χ4n) is 3.73. The minimum atomic E-state index is -0.259. The lowest BCUT2D eigenvalue weighted by atomic mass is 10.1. The fourth-order valence-corrected chi connectivity index (χ4v) is 3.85. The van der Waals surface area contributed by atoms with Crippen LogP contribution in [0.15, 0.2) is 55.1 Å². The van der Waals surface area contributed by atoms with E-state index in [2.05, 4.69) is 24.8 Å². The van der Waals surface area contributed by atoms with Crippen LogP contribution in [0.3, 0.4) is 0 Å². The third kappa shape index (κ3) is 4.37. The van der Waals surface area contributed by atoms with E-state index in [9.17, 15) is 4.39 Å². The lowest BCUT2D eigenvalue weighted by Gasteiger charge is -2.40. The van der Waals surface area contributed by atoms with Crippen LogP contribution in [-0.4, -0.2) is 52.6 Å². The highest BCUT2D eigenvalue weighted by atomic mass is 35.5. The third-order valence-corrected chi connectivity index (χ3v) is 5.48. The van der Waals surface area contributed by atoms with E-state index in [-0.39, 0.29) is 11.9 Å². The maximum atomic E-state index is 13.3. The first-order valence-electron chi connectivity index (χ1n) is 9.52. The van der Waals surface area contributed by atoms with Crippen molar-refractivity contribution in [1.82, 2.24) is 19.9 Å². The van der Waals surface area contributed by atoms with Gasteiger partial charge in [-0.1, -0.05) is 29.8 Å². The summed E-state index contributed by atoms with van der Waals surface area (Å²) >= 11 is 5.91. The van der Waals surface area contributed by atoms with Gasteiger partial charge in [-0.3, -0.25) is 4.90 Å². The average molecular weight is 413 g/mol. The van der Waals surface area contributed by atoms with Crippen LogP contribution in [0.1, 0.15) is 11.6 Å². The molecule has 0 radical (unpaired) electrons. The van der Waals surface area contributed by atoms with E-state index < -0.39 is 0 Å². The molecule has 2 aromatic heterocycles. The molecule has 6 nitrogen and oxygen atoms in total. The Morgan fingerprint density at radius 1 is 1.00 bits per heavy atom. The number of aromatic nitrogens is 3. The number of piperazine rings is 1. The zero-order valence-corrected chi connectivity index (χ0v) is 16.6. The summed E-state index contributed by atoms with van der Waals surface area (Å²) in [6.07, 6.45) is 5.13. The van der Waals surface area contributed by atoms with Gasteiger partial charge in [-0.2, -0.15) is 0 Å². The molecule has 0 unspecified atom stereocenters. The van der Waals surface area contributed by atoms with Crippen LogP contribution in [0, 0.1) is 5.82 Å². The molecule has 8 heteroatoms. The van der Waals surface area contributed by atoms with Gasteiger partial charge in [0, 0.05) is 56.7 Å². The normalized spacial score (nSPS) is 16.0. The van der Waals surface area contributed by atoms with E-state index in [1.807, 2.05) is 6.07 Å². The highest BCUT2D eigenvalue weighted by Gasteiger charge is 2.26. The summed E-state index contributed by atoms with van der Waals surface area (Å²) in [6.45, 7) is 3.82. The van der Waals surface area contributed by atoms with Gasteiger partial charge in [-0.15, -0.1) is 0 Å². The first kappa shape index (κ1) is 19.7. The smallest absolute Gasteiger partial charge is 0.139 e. The van der Waals surface area contributed by atoms with E-state index >= 15 is 0 Å². The Morgan fingerprint density at radius 3 is 2.41 bits per heavy atom. The molecule has 1 aliphatic rings. The van der Waals surface area contributed by atoms with Crippen molar-refractivity contribution in [2.45, 2.75) is 6.04 Å². The van der Waals surface area contributed by atoms with Gasteiger partial charge in [0.1, 0.15) is 23.1 Å². The van der Waals surface area contributed by atoms with Crippen molar-refractivity contribution in [2.24, 2.45) is 5.73 Å². The zero-order valence-electron chi connectivity index (χ0n) is 15.9. The molecule has 1 aliphatic heterocycles. The van der Waals surface area contributed by atoms with E-state index in [4.69, 9.17) is 17.3 Å². The number of anilines is 1. The monoisotopic (exact) mass is 412 g/mol. The summed E-state index contributed by atoms with van der Waals surface area (Å²) in [5.41, 5.74) is 8.93. The molecule has 4 rings (SSSR count). The number of rotatable bonds is 5. The number of nitrogens with two attached hydrogens (primary N) is 1. The van der Waals surface area contributed by atoms with Gasteiger partial charge in [0.25, 0.3) is 0 Å². The molecule has 0 amide bonds. The molecule has 1 saturated heterocycles. The minimum absolute atomic E-state index is 0.101. The Morgan fingerprint density at radius 2 is 1.76 bits per heavy atom. The summed E-state index contributed by atoms with van der Waals surface area (Å²) < 4.78 is 13.3. The van der Waals surface area contributed by atoms with Crippen molar-refractivity contribution in [2.75, 3.05) is 37.6 Å². The highest BCUT2D eigenvalue weighted by molar-refractivity contribution is 6.29. The topological polar surface area (TPSA) is 71.2 Å². The van der Waals surface area contributed by atoms with Crippen LogP contribution < -0.4 is 10.6 Å². The van der Waals surface area contributed by atoms with Crippen LogP contribution >= 0.6 is 11.6 Å². The third-order valence-electron chi connectivity index (χ3n) is 5.26. The summed E-state index contributed by atoms with van der Waals surface area (Å²) in [5, 5.41) is 0.478. The van der Waals surface area contributed by atoms with Gasteiger partial charge in [0.05, 0.1) is 0 Å². The van der Waals surface area contributed by atoms with E-state index in [0.717, 1.165) is 48.7 Å². The second-order valence-electron chi connectivity index (χ2n) is 6.96. The molecule has 3 aromatic rings. The highest BCUT2D eigenvalue weighted by Crippen LogP contribution is 2.30. The van der Waals surface area contributed by atoms with Crippen molar-refractivity contribution >= 4 is 17.4 Å². The largest absolute Gasteiger partial charge is 0.353 e. The van der Waals surface area contributed by atoms with Gasteiger partial charge >= 0.3 is 0 Å². The van der Waals surface area contributed by atoms with Gasteiger partial charge in [-0.25, -0.2) is 19.3 Å². The summed E-state index contributed by atoms with van der Waals surface area (Å²) in [7, 11) is 0. The predicted molar refractivity (Wildman–Crippen MR) is 112 cm³/mol. The molecule has 150 valence electrons. The Kier molecular flexibility index (Phi) is 5.99. The van der Waals surface area contributed by atoms with Gasteiger partial charge < -0.3 is 10.6 Å². The first-order chi connectivity index (χ1) is 14.2. The lowest BCUT2D eigenvalue weighted by molar-refractivity contribution is 0.189. The Bertz CT molecular complexity index is 942. The Balaban J connectivity index is 1.50. The van der Waals surface area contributed by atoms with Crippen molar-refractivity contribution in [3.8, 4) is 11.1 Å². The molecule has 1 fully saturated rings. The quantitative estimate of drug-likeness (QED) is 0.649. The summed E-state index contributed by atoms with van der Waals surface area (Å²) in [6, 6.07) is 10.3. The maximum Gasteiger partial charge on any atom is 0.139 e. The first-order valence-corrected chi connectivity index (χ1v) is 9.90. The molecule has 29 heavy (non-hydrogen) atoms. The second kappa shape index (κ2) is 8.82.